The minimum Gasteiger partial charge on any atom is -0.476 e. The lowest BCUT2D eigenvalue weighted by Crippen LogP contribution is -2.24. The molecular weight excluding hydrogens is 242 g/mol. The lowest BCUT2D eigenvalue weighted by atomic mass is 10.1. The van der Waals surface area contributed by atoms with Crippen LogP contribution in [0.1, 0.15) is 30.8 Å². The van der Waals surface area contributed by atoms with Gasteiger partial charge in [0.25, 0.3) is 0 Å². The summed E-state index contributed by atoms with van der Waals surface area (Å²) in [5.41, 5.74) is -1.45. The largest absolute Gasteiger partial charge is 0.476 e. The Morgan fingerprint density at radius 3 is 2.67 bits per heavy atom. The summed E-state index contributed by atoms with van der Waals surface area (Å²) >= 11 is 0. The standard InChI is InChI=1S/C10H15N3O5/c1-10(2,18-3)4-5-12-6-7(13(16)17)8(11-12)9(14)15/h6H,4-5H2,1-3H3,(H,14,15). The van der Waals surface area contributed by atoms with Crippen LogP contribution in [0.3, 0.4) is 0 Å². The fourth-order valence-corrected chi connectivity index (χ4v) is 1.30. The molecule has 0 amide bonds. The van der Waals surface area contributed by atoms with Crippen LogP contribution in [0.25, 0.3) is 0 Å². The minimum atomic E-state index is -1.41. The number of ether oxygens (including phenoxy) is 1. The summed E-state index contributed by atoms with van der Waals surface area (Å²) in [6, 6.07) is 0. The second-order valence-electron chi connectivity index (χ2n) is 4.40. The van der Waals surface area contributed by atoms with Crippen LogP contribution in [0.4, 0.5) is 5.69 Å². The predicted octanol–water partition coefficient (Wildman–Crippen LogP) is 1.30. The third-order valence-electron chi connectivity index (χ3n) is 2.64. The zero-order chi connectivity index (χ0) is 13.9. The van der Waals surface area contributed by atoms with Gasteiger partial charge in [0, 0.05) is 13.7 Å². The maximum absolute atomic E-state index is 10.8. The Morgan fingerprint density at radius 2 is 2.28 bits per heavy atom. The molecule has 18 heavy (non-hydrogen) atoms. The molecule has 100 valence electrons. The highest BCUT2D eigenvalue weighted by molar-refractivity contribution is 5.89. The Bertz CT molecular complexity index is 435. The lowest BCUT2D eigenvalue weighted by Gasteiger charge is -2.22. The Kier molecular flexibility index (Phi) is 4.02. The van der Waals surface area contributed by atoms with Gasteiger partial charge in [0.1, 0.15) is 6.20 Å². The van der Waals surface area contributed by atoms with Gasteiger partial charge in [0.15, 0.2) is 0 Å². The van der Waals surface area contributed by atoms with Crippen molar-refractivity contribution in [2.75, 3.05) is 7.11 Å². The molecule has 1 N–H and O–H groups in total. The third kappa shape index (κ3) is 3.27. The van der Waals surface area contributed by atoms with Gasteiger partial charge < -0.3 is 9.84 Å². The molecular formula is C10H15N3O5. The van der Waals surface area contributed by atoms with Gasteiger partial charge in [-0.2, -0.15) is 5.10 Å². The first-order valence-corrected chi connectivity index (χ1v) is 5.27. The van der Waals surface area contributed by atoms with Crippen molar-refractivity contribution in [3.8, 4) is 0 Å². The lowest BCUT2D eigenvalue weighted by molar-refractivity contribution is -0.385. The number of nitro groups is 1. The first kappa shape index (κ1) is 14.1. The predicted molar refractivity (Wildman–Crippen MR) is 61.5 cm³/mol. The van der Waals surface area contributed by atoms with Gasteiger partial charge in [0.2, 0.25) is 5.69 Å². The van der Waals surface area contributed by atoms with E-state index in [1.54, 1.807) is 7.11 Å². The zero-order valence-corrected chi connectivity index (χ0v) is 10.4. The van der Waals surface area contributed by atoms with E-state index in [1.165, 1.54) is 4.68 Å². The molecule has 0 saturated carbocycles. The van der Waals surface area contributed by atoms with Gasteiger partial charge in [-0.1, -0.05) is 0 Å². The molecule has 1 rings (SSSR count). The second kappa shape index (κ2) is 5.13. The Morgan fingerprint density at radius 1 is 1.67 bits per heavy atom. The molecule has 0 atom stereocenters. The molecule has 0 aliphatic carbocycles. The van der Waals surface area contributed by atoms with E-state index in [1.807, 2.05) is 13.8 Å². The van der Waals surface area contributed by atoms with Crippen LogP contribution < -0.4 is 0 Å². The van der Waals surface area contributed by atoms with Crippen molar-refractivity contribution in [3.05, 3.63) is 22.0 Å². The van der Waals surface area contributed by atoms with Crippen molar-refractivity contribution >= 4 is 11.7 Å². The number of aromatic nitrogens is 2. The fourth-order valence-electron chi connectivity index (χ4n) is 1.30. The first-order valence-electron chi connectivity index (χ1n) is 5.27. The van der Waals surface area contributed by atoms with Gasteiger partial charge in [-0.15, -0.1) is 0 Å². The first-order chi connectivity index (χ1) is 8.26. The van der Waals surface area contributed by atoms with E-state index in [4.69, 9.17) is 9.84 Å². The average Bonchev–Trinajstić information content (AvgIpc) is 2.71. The number of methoxy groups -OCH3 is 1. The van der Waals surface area contributed by atoms with Crippen molar-refractivity contribution in [3.63, 3.8) is 0 Å². The number of nitrogens with zero attached hydrogens (tertiary/aromatic N) is 3. The minimum absolute atomic E-state index is 0.342. The maximum atomic E-state index is 10.8. The summed E-state index contributed by atoms with van der Waals surface area (Å²) in [6.07, 6.45) is 1.68. The number of carboxylic acids is 1. The molecule has 0 fully saturated rings. The average molecular weight is 257 g/mol. The van der Waals surface area contributed by atoms with Gasteiger partial charge in [-0.3, -0.25) is 14.8 Å². The molecule has 8 heteroatoms. The van der Waals surface area contributed by atoms with Crippen LogP contribution >= 0.6 is 0 Å². The zero-order valence-electron chi connectivity index (χ0n) is 10.4. The van der Waals surface area contributed by atoms with Crippen molar-refractivity contribution in [2.45, 2.75) is 32.4 Å². The smallest absolute Gasteiger partial charge is 0.363 e. The molecule has 1 aromatic rings. The van der Waals surface area contributed by atoms with Crippen molar-refractivity contribution in [2.24, 2.45) is 0 Å². The van der Waals surface area contributed by atoms with Crippen LogP contribution in [-0.2, 0) is 11.3 Å². The Hall–Kier alpha value is -1.96. The summed E-state index contributed by atoms with van der Waals surface area (Å²) in [5.74, 6) is -1.41. The fraction of sp³-hybridized carbons (Fsp3) is 0.600. The summed E-state index contributed by atoms with van der Waals surface area (Å²) in [6.45, 7) is 4.07. The molecule has 0 aromatic carbocycles. The molecule has 0 aliphatic rings. The third-order valence-corrected chi connectivity index (χ3v) is 2.64. The van der Waals surface area contributed by atoms with Crippen molar-refractivity contribution in [1.82, 2.24) is 9.78 Å². The Balaban J connectivity index is 2.89. The van der Waals surface area contributed by atoms with E-state index < -0.39 is 27.9 Å². The summed E-state index contributed by atoms with van der Waals surface area (Å²) in [4.78, 5) is 20.7. The van der Waals surface area contributed by atoms with Crippen LogP contribution in [0, 0.1) is 10.1 Å². The Labute approximate surface area is 103 Å². The van der Waals surface area contributed by atoms with Gasteiger partial charge in [0.05, 0.1) is 10.5 Å². The number of aryl methyl sites for hydroxylation is 1. The van der Waals surface area contributed by atoms with Gasteiger partial charge in [-0.05, 0) is 20.3 Å². The van der Waals surface area contributed by atoms with Gasteiger partial charge in [-0.25, -0.2) is 4.79 Å². The number of hydrogen-bond acceptors (Lipinski definition) is 5. The van der Waals surface area contributed by atoms with E-state index in [0.717, 1.165) is 6.20 Å². The normalized spacial score (nSPS) is 11.5. The van der Waals surface area contributed by atoms with Crippen LogP contribution in [-0.4, -0.2) is 38.5 Å². The van der Waals surface area contributed by atoms with E-state index in [-0.39, 0.29) is 0 Å². The number of hydrogen-bond donors (Lipinski definition) is 1. The molecule has 0 spiro atoms. The topological polar surface area (TPSA) is 107 Å². The molecule has 0 saturated heterocycles. The van der Waals surface area contributed by atoms with Crippen LogP contribution in [0.5, 0.6) is 0 Å². The van der Waals surface area contributed by atoms with Gasteiger partial charge >= 0.3 is 11.7 Å². The molecule has 0 bridgehead atoms. The molecule has 8 nitrogen and oxygen atoms in total. The highest BCUT2D eigenvalue weighted by Gasteiger charge is 2.26. The summed E-state index contributed by atoms with van der Waals surface area (Å²) in [7, 11) is 1.56. The summed E-state index contributed by atoms with van der Waals surface area (Å²) < 4.78 is 6.45. The maximum Gasteiger partial charge on any atom is 0.363 e. The van der Waals surface area contributed by atoms with Crippen molar-refractivity contribution < 1.29 is 19.6 Å². The van der Waals surface area contributed by atoms with E-state index in [0.29, 0.717) is 13.0 Å². The monoisotopic (exact) mass is 257 g/mol. The van der Waals surface area contributed by atoms with E-state index in [9.17, 15) is 14.9 Å². The molecule has 0 radical (unpaired) electrons. The number of carbonyl (C=O) groups is 1. The molecule has 0 aliphatic heterocycles. The van der Waals surface area contributed by atoms with Crippen molar-refractivity contribution in [1.29, 1.82) is 0 Å². The molecule has 1 heterocycles. The van der Waals surface area contributed by atoms with E-state index >= 15 is 0 Å². The summed E-state index contributed by atoms with van der Waals surface area (Å²) in [5, 5.41) is 23.1. The van der Waals surface area contributed by atoms with Crippen LogP contribution in [0.15, 0.2) is 6.20 Å². The van der Waals surface area contributed by atoms with Crippen LogP contribution in [0.2, 0.25) is 0 Å². The van der Waals surface area contributed by atoms with E-state index in [2.05, 4.69) is 5.10 Å². The second-order valence-corrected chi connectivity index (χ2v) is 4.40. The highest BCUT2D eigenvalue weighted by atomic mass is 16.6. The highest BCUT2D eigenvalue weighted by Crippen LogP contribution is 2.19. The number of rotatable bonds is 6. The SMILES string of the molecule is COC(C)(C)CCn1cc([N+](=O)[O-])c(C(=O)O)n1. The molecule has 0 unspecified atom stereocenters. The number of carboxylic acid groups (broad SMARTS) is 1. The quantitative estimate of drug-likeness (QED) is 0.608. The molecule has 1 aromatic heterocycles. The number of aromatic carboxylic acids is 1.